The summed E-state index contributed by atoms with van der Waals surface area (Å²) in [5, 5.41) is 3.39. The minimum Gasteiger partial charge on any atom is -0.310 e. The lowest BCUT2D eigenvalue weighted by molar-refractivity contribution is 0.509. The first kappa shape index (κ1) is 13.9. The second-order valence-corrected chi connectivity index (χ2v) is 4.61. The van der Waals surface area contributed by atoms with Gasteiger partial charge in [-0.25, -0.2) is 4.39 Å². The fourth-order valence-corrected chi connectivity index (χ4v) is 1.85. The molecule has 0 amide bonds. The Kier molecular flexibility index (Phi) is 5.36. The SMILES string of the molecule is C=C(C)CCC(NCC)c1ccc(C)c(F)c1. The third kappa shape index (κ3) is 4.31. The molecule has 0 aliphatic rings. The van der Waals surface area contributed by atoms with Crippen LogP contribution in [0.2, 0.25) is 0 Å². The van der Waals surface area contributed by atoms with Crippen molar-refractivity contribution in [3.05, 3.63) is 47.3 Å². The smallest absolute Gasteiger partial charge is 0.126 e. The van der Waals surface area contributed by atoms with Crippen LogP contribution in [-0.4, -0.2) is 6.54 Å². The van der Waals surface area contributed by atoms with Gasteiger partial charge in [-0.2, -0.15) is 0 Å². The molecule has 1 atom stereocenters. The van der Waals surface area contributed by atoms with Crippen LogP contribution in [0.25, 0.3) is 0 Å². The molecule has 1 N–H and O–H groups in total. The van der Waals surface area contributed by atoms with Crippen molar-refractivity contribution in [3.8, 4) is 0 Å². The zero-order valence-electron chi connectivity index (χ0n) is 11.0. The molecule has 1 nitrogen and oxygen atoms in total. The Morgan fingerprint density at radius 2 is 2.18 bits per heavy atom. The number of halogens is 1. The normalized spacial score (nSPS) is 12.5. The van der Waals surface area contributed by atoms with Gasteiger partial charge >= 0.3 is 0 Å². The maximum atomic E-state index is 13.5. The van der Waals surface area contributed by atoms with Crippen molar-refractivity contribution in [2.75, 3.05) is 6.54 Å². The maximum absolute atomic E-state index is 13.5. The highest BCUT2D eigenvalue weighted by atomic mass is 19.1. The minimum absolute atomic E-state index is 0.124. The quantitative estimate of drug-likeness (QED) is 0.731. The van der Waals surface area contributed by atoms with Gasteiger partial charge in [0, 0.05) is 6.04 Å². The number of hydrogen-bond donors (Lipinski definition) is 1. The highest BCUT2D eigenvalue weighted by Gasteiger charge is 2.11. The Labute approximate surface area is 104 Å². The molecule has 0 fully saturated rings. The number of hydrogen-bond acceptors (Lipinski definition) is 1. The lowest BCUT2D eigenvalue weighted by atomic mass is 9.98. The fourth-order valence-electron chi connectivity index (χ4n) is 1.85. The summed E-state index contributed by atoms with van der Waals surface area (Å²) < 4.78 is 13.5. The van der Waals surface area contributed by atoms with Crippen molar-refractivity contribution in [3.63, 3.8) is 0 Å². The van der Waals surface area contributed by atoms with Gasteiger partial charge in [0.2, 0.25) is 0 Å². The molecule has 0 bridgehead atoms. The molecule has 0 aliphatic carbocycles. The average Bonchev–Trinajstić information content (AvgIpc) is 2.28. The van der Waals surface area contributed by atoms with Crippen LogP contribution in [0.5, 0.6) is 0 Å². The summed E-state index contributed by atoms with van der Waals surface area (Å²) in [6, 6.07) is 5.70. The molecule has 94 valence electrons. The molecular formula is C15H22FN. The lowest BCUT2D eigenvalue weighted by Crippen LogP contribution is -2.21. The Morgan fingerprint density at radius 1 is 1.47 bits per heavy atom. The molecule has 0 aliphatic heterocycles. The zero-order valence-corrected chi connectivity index (χ0v) is 11.0. The van der Waals surface area contributed by atoms with Gasteiger partial charge in [0.05, 0.1) is 0 Å². The molecule has 1 unspecified atom stereocenters. The van der Waals surface area contributed by atoms with E-state index >= 15 is 0 Å². The van der Waals surface area contributed by atoms with Crippen molar-refractivity contribution in [1.29, 1.82) is 0 Å². The second kappa shape index (κ2) is 6.55. The predicted molar refractivity (Wildman–Crippen MR) is 71.6 cm³/mol. The number of nitrogens with one attached hydrogen (secondary N) is 1. The fraction of sp³-hybridized carbons (Fsp3) is 0.467. The second-order valence-electron chi connectivity index (χ2n) is 4.61. The zero-order chi connectivity index (χ0) is 12.8. The highest BCUT2D eigenvalue weighted by Crippen LogP contribution is 2.22. The molecule has 0 saturated heterocycles. The van der Waals surface area contributed by atoms with Gasteiger partial charge in [-0.05, 0) is 50.4 Å². The molecule has 17 heavy (non-hydrogen) atoms. The van der Waals surface area contributed by atoms with Crippen molar-refractivity contribution < 1.29 is 4.39 Å². The molecule has 1 rings (SSSR count). The summed E-state index contributed by atoms with van der Waals surface area (Å²) in [6.45, 7) is 10.7. The third-order valence-corrected chi connectivity index (χ3v) is 2.91. The Balaban J connectivity index is 2.81. The summed E-state index contributed by atoms with van der Waals surface area (Å²) in [7, 11) is 0. The number of aryl methyl sites for hydroxylation is 1. The summed E-state index contributed by atoms with van der Waals surface area (Å²) >= 11 is 0. The van der Waals surface area contributed by atoms with E-state index < -0.39 is 0 Å². The van der Waals surface area contributed by atoms with E-state index in [4.69, 9.17) is 0 Å². The lowest BCUT2D eigenvalue weighted by Gasteiger charge is -2.19. The number of rotatable bonds is 6. The predicted octanol–water partition coefficient (Wildman–Crippen LogP) is 4.14. The summed E-state index contributed by atoms with van der Waals surface area (Å²) in [4.78, 5) is 0. The highest BCUT2D eigenvalue weighted by molar-refractivity contribution is 5.26. The van der Waals surface area contributed by atoms with E-state index in [1.807, 2.05) is 19.1 Å². The van der Waals surface area contributed by atoms with Crippen LogP contribution in [0.4, 0.5) is 4.39 Å². The molecular weight excluding hydrogens is 213 g/mol. The van der Waals surface area contributed by atoms with E-state index in [-0.39, 0.29) is 11.9 Å². The van der Waals surface area contributed by atoms with Gasteiger partial charge in [0.25, 0.3) is 0 Å². The van der Waals surface area contributed by atoms with Gasteiger partial charge in [-0.3, -0.25) is 0 Å². The molecule has 0 radical (unpaired) electrons. The average molecular weight is 235 g/mol. The first-order chi connectivity index (χ1) is 8.04. The molecule has 0 saturated carbocycles. The Hall–Kier alpha value is -1.15. The Bertz CT molecular complexity index is 385. The molecule has 0 heterocycles. The van der Waals surface area contributed by atoms with E-state index in [0.717, 1.165) is 24.9 Å². The minimum atomic E-state index is -0.124. The summed E-state index contributed by atoms with van der Waals surface area (Å²) in [5.74, 6) is -0.124. The Morgan fingerprint density at radius 3 is 2.71 bits per heavy atom. The first-order valence-electron chi connectivity index (χ1n) is 6.18. The van der Waals surface area contributed by atoms with E-state index in [0.29, 0.717) is 5.56 Å². The van der Waals surface area contributed by atoms with Gasteiger partial charge in [-0.15, -0.1) is 6.58 Å². The third-order valence-electron chi connectivity index (χ3n) is 2.91. The van der Waals surface area contributed by atoms with Crippen LogP contribution in [0.15, 0.2) is 30.4 Å². The first-order valence-corrected chi connectivity index (χ1v) is 6.18. The summed E-state index contributed by atoms with van der Waals surface area (Å²) in [6.07, 6.45) is 1.93. The van der Waals surface area contributed by atoms with E-state index in [9.17, 15) is 4.39 Å². The van der Waals surface area contributed by atoms with Gasteiger partial charge in [0.15, 0.2) is 0 Å². The van der Waals surface area contributed by atoms with Crippen molar-refractivity contribution in [2.45, 2.75) is 39.7 Å². The van der Waals surface area contributed by atoms with Gasteiger partial charge in [0.1, 0.15) is 5.82 Å². The van der Waals surface area contributed by atoms with Crippen LogP contribution in [-0.2, 0) is 0 Å². The van der Waals surface area contributed by atoms with E-state index in [1.54, 1.807) is 13.0 Å². The largest absolute Gasteiger partial charge is 0.310 e. The van der Waals surface area contributed by atoms with Gasteiger partial charge < -0.3 is 5.32 Å². The maximum Gasteiger partial charge on any atom is 0.126 e. The van der Waals surface area contributed by atoms with E-state index in [1.165, 1.54) is 5.57 Å². The van der Waals surface area contributed by atoms with Gasteiger partial charge in [-0.1, -0.05) is 24.6 Å². The van der Waals surface area contributed by atoms with Crippen molar-refractivity contribution in [1.82, 2.24) is 5.32 Å². The number of benzene rings is 1. The monoisotopic (exact) mass is 235 g/mol. The molecule has 0 aromatic heterocycles. The topological polar surface area (TPSA) is 12.0 Å². The number of allylic oxidation sites excluding steroid dienone is 1. The van der Waals surface area contributed by atoms with Crippen LogP contribution >= 0.6 is 0 Å². The van der Waals surface area contributed by atoms with E-state index in [2.05, 4.69) is 18.8 Å². The van der Waals surface area contributed by atoms with Crippen LogP contribution in [0, 0.1) is 12.7 Å². The van der Waals surface area contributed by atoms with Crippen LogP contribution in [0.1, 0.15) is 43.9 Å². The molecule has 0 spiro atoms. The standard InChI is InChI=1S/C15H22FN/c1-5-17-15(9-6-11(2)3)13-8-7-12(4)14(16)10-13/h7-8,10,15,17H,2,5-6,9H2,1,3-4H3. The van der Waals surface area contributed by atoms with Crippen LogP contribution < -0.4 is 5.32 Å². The summed E-state index contributed by atoms with van der Waals surface area (Å²) in [5.41, 5.74) is 2.89. The van der Waals surface area contributed by atoms with Crippen LogP contribution in [0.3, 0.4) is 0 Å². The molecule has 1 aromatic rings. The molecule has 2 heteroatoms. The molecule has 1 aromatic carbocycles. The van der Waals surface area contributed by atoms with Crippen molar-refractivity contribution >= 4 is 0 Å². The van der Waals surface area contributed by atoms with Crippen molar-refractivity contribution in [2.24, 2.45) is 0 Å².